The summed E-state index contributed by atoms with van der Waals surface area (Å²) in [5, 5.41) is 3.80. The van der Waals surface area contributed by atoms with Gasteiger partial charge in [-0.1, -0.05) is 17.3 Å². The molecule has 0 bridgehead atoms. The van der Waals surface area contributed by atoms with Gasteiger partial charge in [0.05, 0.1) is 5.54 Å². The number of benzene rings is 1. The third-order valence-corrected chi connectivity index (χ3v) is 3.14. The Morgan fingerprint density at radius 1 is 1.33 bits per heavy atom. The maximum Gasteiger partial charge on any atom is 0.422 e. The third kappa shape index (κ3) is 3.15. The van der Waals surface area contributed by atoms with Crippen LogP contribution in [0.25, 0.3) is 11.4 Å². The average molecular weight is 299 g/mol. The van der Waals surface area contributed by atoms with Crippen molar-refractivity contribution in [2.45, 2.75) is 24.6 Å². The Balaban J connectivity index is 1.78. The van der Waals surface area contributed by atoms with E-state index in [0.29, 0.717) is 11.5 Å². The van der Waals surface area contributed by atoms with Crippen molar-refractivity contribution in [1.82, 2.24) is 10.1 Å². The molecule has 1 aromatic heterocycles. The Morgan fingerprint density at radius 2 is 2.10 bits per heavy atom. The van der Waals surface area contributed by atoms with Crippen molar-refractivity contribution in [3.05, 3.63) is 30.2 Å². The van der Waals surface area contributed by atoms with Crippen LogP contribution in [0.15, 0.2) is 28.8 Å². The zero-order chi connectivity index (χ0) is 15.1. The molecule has 3 rings (SSSR count). The van der Waals surface area contributed by atoms with Crippen molar-refractivity contribution in [2.24, 2.45) is 5.73 Å². The van der Waals surface area contributed by atoms with Gasteiger partial charge in [0.1, 0.15) is 5.75 Å². The quantitative estimate of drug-likeness (QED) is 0.939. The van der Waals surface area contributed by atoms with Crippen LogP contribution >= 0.6 is 0 Å². The van der Waals surface area contributed by atoms with Crippen LogP contribution in [-0.2, 0) is 5.54 Å². The van der Waals surface area contributed by atoms with E-state index in [1.54, 1.807) is 12.1 Å². The minimum Gasteiger partial charge on any atom is -0.484 e. The monoisotopic (exact) mass is 299 g/mol. The molecule has 5 nitrogen and oxygen atoms in total. The molecule has 0 unspecified atom stereocenters. The first kappa shape index (κ1) is 13.9. The fraction of sp³-hybridized carbons (Fsp3) is 0.385. The second-order valence-electron chi connectivity index (χ2n) is 5.01. The van der Waals surface area contributed by atoms with E-state index in [9.17, 15) is 13.2 Å². The summed E-state index contributed by atoms with van der Waals surface area (Å²) >= 11 is 0. The summed E-state index contributed by atoms with van der Waals surface area (Å²) in [6.45, 7) is -1.35. The van der Waals surface area contributed by atoms with Gasteiger partial charge in [-0.15, -0.1) is 0 Å². The van der Waals surface area contributed by atoms with Gasteiger partial charge in [-0.2, -0.15) is 18.2 Å². The molecule has 2 aromatic rings. The first-order chi connectivity index (χ1) is 9.86. The lowest BCUT2D eigenvalue weighted by Gasteiger charge is -2.09. The topological polar surface area (TPSA) is 74.2 Å². The van der Waals surface area contributed by atoms with Crippen LogP contribution in [0, 0.1) is 0 Å². The Bertz CT molecular complexity index is 650. The number of nitrogens with zero attached hydrogens (tertiary/aromatic N) is 2. The fourth-order valence-electron chi connectivity index (χ4n) is 1.78. The number of alkyl halides is 3. The SMILES string of the molecule is NC1(c2nc(-c3cccc(OCC(F)(F)F)c3)no2)CC1. The van der Waals surface area contributed by atoms with Crippen molar-refractivity contribution < 1.29 is 22.4 Å². The van der Waals surface area contributed by atoms with Crippen LogP contribution in [0.4, 0.5) is 13.2 Å². The minimum atomic E-state index is -4.38. The summed E-state index contributed by atoms with van der Waals surface area (Å²) in [5.41, 5.74) is 5.90. The highest BCUT2D eigenvalue weighted by atomic mass is 19.4. The van der Waals surface area contributed by atoms with Gasteiger partial charge in [-0.05, 0) is 25.0 Å². The maximum atomic E-state index is 12.1. The molecule has 0 aliphatic heterocycles. The van der Waals surface area contributed by atoms with E-state index in [1.165, 1.54) is 12.1 Å². The van der Waals surface area contributed by atoms with Crippen LogP contribution in [0.1, 0.15) is 18.7 Å². The molecule has 0 saturated heterocycles. The smallest absolute Gasteiger partial charge is 0.422 e. The number of nitrogens with two attached hydrogens (primary N) is 1. The van der Waals surface area contributed by atoms with Crippen LogP contribution in [0.3, 0.4) is 0 Å². The zero-order valence-corrected chi connectivity index (χ0v) is 10.9. The lowest BCUT2D eigenvalue weighted by molar-refractivity contribution is -0.153. The van der Waals surface area contributed by atoms with Crippen LogP contribution in [-0.4, -0.2) is 22.9 Å². The number of hydrogen-bond acceptors (Lipinski definition) is 5. The van der Waals surface area contributed by atoms with Crippen LogP contribution < -0.4 is 10.5 Å². The van der Waals surface area contributed by atoms with Gasteiger partial charge in [-0.25, -0.2) is 0 Å². The van der Waals surface area contributed by atoms with Crippen molar-refractivity contribution in [3.8, 4) is 17.1 Å². The second kappa shape index (κ2) is 4.73. The molecule has 0 radical (unpaired) electrons. The highest BCUT2D eigenvalue weighted by Gasteiger charge is 2.45. The summed E-state index contributed by atoms with van der Waals surface area (Å²) in [7, 11) is 0. The molecule has 112 valence electrons. The van der Waals surface area contributed by atoms with Crippen LogP contribution in [0.2, 0.25) is 0 Å². The van der Waals surface area contributed by atoms with E-state index in [4.69, 9.17) is 10.3 Å². The summed E-state index contributed by atoms with van der Waals surface area (Å²) in [6, 6.07) is 6.08. The first-order valence-electron chi connectivity index (χ1n) is 6.29. The molecular formula is C13H12F3N3O2. The predicted octanol–water partition coefficient (Wildman–Crippen LogP) is 2.63. The molecule has 1 aliphatic rings. The highest BCUT2D eigenvalue weighted by Crippen LogP contribution is 2.42. The number of aromatic nitrogens is 2. The summed E-state index contributed by atoms with van der Waals surface area (Å²) < 4.78 is 46.2. The lowest BCUT2D eigenvalue weighted by atomic mass is 10.2. The number of ether oxygens (including phenoxy) is 1. The Morgan fingerprint density at radius 3 is 2.76 bits per heavy atom. The lowest BCUT2D eigenvalue weighted by Crippen LogP contribution is -2.19. The van der Waals surface area contributed by atoms with Gasteiger partial charge >= 0.3 is 6.18 Å². The molecule has 1 aliphatic carbocycles. The summed E-state index contributed by atoms with van der Waals surface area (Å²) in [4.78, 5) is 4.18. The minimum absolute atomic E-state index is 0.0880. The Hall–Kier alpha value is -2.09. The zero-order valence-electron chi connectivity index (χ0n) is 10.9. The number of rotatable bonds is 4. The molecule has 1 fully saturated rings. The molecule has 21 heavy (non-hydrogen) atoms. The van der Waals surface area contributed by atoms with Gasteiger partial charge in [0, 0.05) is 5.56 Å². The maximum absolute atomic E-state index is 12.1. The van der Waals surface area contributed by atoms with Gasteiger partial charge in [0.2, 0.25) is 11.7 Å². The third-order valence-electron chi connectivity index (χ3n) is 3.14. The van der Waals surface area contributed by atoms with E-state index in [0.717, 1.165) is 12.8 Å². The number of hydrogen-bond donors (Lipinski definition) is 1. The molecule has 1 saturated carbocycles. The van der Waals surface area contributed by atoms with E-state index in [-0.39, 0.29) is 11.6 Å². The first-order valence-corrected chi connectivity index (χ1v) is 6.29. The molecular weight excluding hydrogens is 287 g/mol. The molecule has 0 atom stereocenters. The normalized spacial score (nSPS) is 16.8. The van der Waals surface area contributed by atoms with Crippen molar-refractivity contribution in [3.63, 3.8) is 0 Å². The average Bonchev–Trinajstić information content (AvgIpc) is 3.00. The Kier molecular flexibility index (Phi) is 3.12. The van der Waals surface area contributed by atoms with E-state index in [1.807, 2.05) is 0 Å². The van der Waals surface area contributed by atoms with Gasteiger partial charge in [0.25, 0.3) is 0 Å². The van der Waals surface area contributed by atoms with E-state index >= 15 is 0 Å². The summed E-state index contributed by atoms with van der Waals surface area (Å²) in [6.07, 6.45) is -2.82. The highest BCUT2D eigenvalue weighted by molar-refractivity contribution is 5.57. The molecule has 8 heteroatoms. The van der Waals surface area contributed by atoms with Gasteiger partial charge in [0.15, 0.2) is 6.61 Å². The fourth-order valence-corrected chi connectivity index (χ4v) is 1.78. The predicted molar refractivity (Wildman–Crippen MR) is 66.4 cm³/mol. The van der Waals surface area contributed by atoms with Crippen molar-refractivity contribution >= 4 is 0 Å². The van der Waals surface area contributed by atoms with Gasteiger partial charge < -0.3 is 15.0 Å². The van der Waals surface area contributed by atoms with Gasteiger partial charge in [-0.3, -0.25) is 0 Å². The molecule has 1 aromatic carbocycles. The van der Waals surface area contributed by atoms with Crippen molar-refractivity contribution in [1.29, 1.82) is 0 Å². The van der Waals surface area contributed by atoms with Crippen LogP contribution in [0.5, 0.6) is 5.75 Å². The van der Waals surface area contributed by atoms with E-state index < -0.39 is 18.3 Å². The molecule has 0 amide bonds. The standard InChI is InChI=1S/C13H12F3N3O2/c14-13(15,16)7-20-9-3-1-2-8(6-9)10-18-11(21-19-10)12(17)4-5-12/h1-3,6H,4-5,7,17H2. The van der Waals surface area contributed by atoms with Crippen molar-refractivity contribution in [2.75, 3.05) is 6.61 Å². The number of halogens is 3. The second-order valence-corrected chi connectivity index (χ2v) is 5.01. The Labute approximate surface area is 117 Å². The molecule has 1 heterocycles. The summed E-state index contributed by atoms with van der Waals surface area (Å²) in [5.74, 6) is 0.711. The molecule has 2 N–H and O–H groups in total. The van der Waals surface area contributed by atoms with E-state index in [2.05, 4.69) is 14.9 Å². The molecule has 0 spiro atoms. The largest absolute Gasteiger partial charge is 0.484 e.